The van der Waals surface area contributed by atoms with Gasteiger partial charge in [-0.25, -0.2) is 4.79 Å². The zero-order valence-electron chi connectivity index (χ0n) is 15.8. The number of carboxylic acid groups (broad SMARTS) is 1. The van der Waals surface area contributed by atoms with Crippen molar-refractivity contribution in [1.29, 1.82) is 0 Å². The summed E-state index contributed by atoms with van der Waals surface area (Å²) in [5.74, 6) is -0.329. The van der Waals surface area contributed by atoms with Crippen molar-refractivity contribution in [3.63, 3.8) is 0 Å². The third-order valence-electron chi connectivity index (χ3n) is 4.84. The van der Waals surface area contributed by atoms with Gasteiger partial charge in [-0.15, -0.1) is 0 Å². The standard InChI is InChI=1S/C19H24N4O5/c1-23-11-9-19(10-12-23,17-20-15(28-22-17)7-8-16(24)25)21-18(26)27-13-14-5-3-2-4-6-14/h2-6H,7-13H2,1H3,(H,21,26)(H,24,25). The predicted octanol–water partition coefficient (Wildman–Crippen LogP) is 1.93. The topological polar surface area (TPSA) is 118 Å². The van der Waals surface area contributed by atoms with Gasteiger partial charge in [0.05, 0.1) is 6.42 Å². The van der Waals surface area contributed by atoms with Gasteiger partial charge in [0.15, 0.2) is 5.82 Å². The zero-order valence-corrected chi connectivity index (χ0v) is 15.8. The Morgan fingerprint density at radius 1 is 1.29 bits per heavy atom. The number of hydrogen-bond donors (Lipinski definition) is 2. The normalized spacial score (nSPS) is 16.5. The number of carbonyl (C=O) groups excluding carboxylic acids is 1. The number of rotatable bonds is 7. The van der Waals surface area contributed by atoms with Crippen molar-refractivity contribution in [2.24, 2.45) is 0 Å². The third kappa shape index (κ3) is 5.07. The maximum atomic E-state index is 12.5. The van der Waals surface area contributed by atoms with Crippen molar-refractivity contribution in [2.75, 3.05) is 20.1 Å². The quantitative estimate of drug-likeness (QED) is 0.739. The lowest BCUT2D eigenvalue weighted by Gasteiger charge is -2.38. The minimum atomic E-state index is -0.934. The molecule has 150 valence electrons. The minimum Gasteiger partial charge on any atom is -0.481 e. The number of likely N-dealkylation sites (tertiary alicyclic amines) is 1. The van der Waals surface area contributed by atoms with Crippen molar-refractivity contribution in [3.05, 3.63) is 47.6 Å². The highest BCUT2D eigenvalue weighted by Gasteiger charge is 2.41. The highest BCUT2D eigenvalue weighted by molar-refractivity contribution is 5.68. The lowest BCUT2D eigenvalue weighted by Crippen LogP contribution is -2.53. The summed E-state index contributed by atoms with van der Waals surface area (Å²) >= 11 is 0. The monoisotopic (exact) mass is 388 g/mol. The molecule has 2 N–H and O–H groups in total. The number of carbonyl (C=O) groups is 2. The Morgan fingerprint density at radius 3 is 2.68 bits per heavy atom. The largest absolute Gasteiger partial charge is 0.481 e. The Kier molecular flexibility index (Phi) is 6.25. The maximum absolute atomic E-state index is 12.5. The summed E-state index contributed by atoms with van der Waals surface area (Å²) in [5, 5.41) is 15.8. The maximum Gasteiger partial charge on any atom is 0.408 e. The molecule has 0 spiro atoms. The fraction of sp³-hybridized carbons (Fsp3) is 0.474. The number of nitrogens with zero attached hydrogens (tertiary/aromatic N) is 3. The number of ether oxygens (including phenoxy) is 1. The van der Waals surface area contributed by atoms with Crippen molar-refractivity contribution >= 4 is 12.1 Å². The van der Waals surface area contributed by atoms with Crippen LogP contribution in [0, 0.1) is 0 Å². The lowest BCUT2D eigenvalue weighted by molar-refractivity contribution is -0.137. The molecule has 0 radical (unpaired) electrons. The summed E-state index contributed by atoms with van der Waals surface area (Å²) in [7, 11) is 2.01. The zero-order chi connectivity index (χ0) is 20.0. The van der Waals surface area contributed by atoms with E-state index in [0.717, 1.165) is 18.7 Å². The molecule has 1 aliphatic rings. The van der Waals surface area contributed by atoms with Crippen molar-refractivity contribution in [2.45, 2.75) is 37.8 Å². The average molecular weight is 388 g/mol. The molecule has 0 unspecified atom stereocenters. The second-order valence-corrected chi connectivity index (χ2v) is 6.98. The minimum absolute atomic E-state index is 0.0933. The van der Waals surface area contributed by atoms with Crippen LogP contribution in [-0.4, -0.2) is 52.3 Å². The van der Waals surface area contributed by atoms with Crippen molar-refractivity contribution in [1.82, 2.24) is 20.4 Å². The van der Waals surface area contributed by atoms with E-state index in [4.69, 9.17) is 14.4 Å². The highest BCUT2D eigenvalue weighted by atomic mass is 16.5. The lowest BCUT2D eigenvalue weighted by atomic mass is 9.87. The van der Waals surface area contributed by atoms with Crippen LogP contribution >= 0.6 is 0 Å². The Hall–Kier alpha value is -2.94. The summed E-state index contributed by atoms with van der Waals surface area (Å²) in [4.78, 5) is 29.7. The van der Waals surface area contributed by atoms with Gasteiger partial charge in [0.1, 0.15) is 12.1 Å². The molecule has 28 heavy (non-hydrogen) atoms. The number of nitrogens with one attached hydrogen (secondary N) is 1. The van der Waals surface area contributed by atoms with Crippen LogP contribution < -0.4 is 5.32 Å². The second-order valence-electron chi connectivity index (χ2n) is 6.98. The van der Waals surface area contributed by atoms with Crippen LogP contribution in [0.15, 0.2) is 34.9 Å². The smallest absolute Gasteiger partial charge is 0.408 e. The SMILES string of the molecule is CN1CCC(NC(=O)OCc2ccccc2)(c2noc(CCC(=O)O)n2)CC1. The first-order chi connectivity index (χ1) is 13.5. The predicted molar refractivity (Wildman–Crippen MR) is 98.4 cm³/mol. The molecule has 1 aromatic heterocycles. The van der Waals surface area contributed by atoms with Crippen molar-refractivity contribution in [3.8, 4) is 0 Å². The van der Waals surface area contributed by atoms with Crippen LogP contribution in [-0.2, 0) is 28.1 Å². The molecule has 1 saturated heterocycles. The van der Waals surface area contributed by atoms with Gasteiger partial charge in [0.2, 0.25) is 5.89 Å². The van der Waals surface area contributed by atoms with Crippen LogP contribution in [0.25, 0.3) is 0 Å². The van der Waals surface area contributed by atoms with E-state index < -0.39 is 17.6 Å². The molecule has 0 saturated carbocycles. The van der Waals surface area contributed by atoms with E-state index in [2.05, 4.69) is 20.4 Å². The van der Waals surface area contributed by atoms with E-state index in [1.807, 2.05) is 37.4 Å². The van der Waals surface area contributed by atoms with Gasteiger partial charge >= 0.3 is 12.1 Å². The average Bonchev–Trinajstić information content (AvgIpc) is 3.17. The number of aromatic nitrogens is 2. The number of aryl methyl sites for hydroxylation is 1. The summed E-state index contributed by atoms with van der Waals surface area (Å²) in [5.41, 5.74) is 0.0937. The Labute approximate surface area is 162 Å². The first-order valence-corrected chi connectivity index (χ1v) is 9.19. The van der Waals surface area contributed by atoms with Crippen LogP contribution in [0.2, 0.25) is 0 Å². The molecular formula is C19H24N4O5. The van der Waals surface area contributed by atoms with Crippen LogP contribution in [0.5, 0.6) is 0 Å². The Balaban J connectivity index is 1.69. The molecule has 0 aliphatic carbocycles. The van der Waals surface area contributed by atoms with E-state index in [1.165, 1.54) is 0 Å². The molecule has 1 fully saturated rings. The Bertz CT molecular complexity index is 800. The molecule has 9 nitrogen and oxygen atoms in total. The van der Waals surface area contributed by atoms with Crippen LogP contribution in [0.4, 0.5) is 4.79 Å². The molecule has 0 atom stereocenters. The van der Waals surface area contributed by atoms with Gasteiger partial charge in [0.25, 0.3) is 0 Å². The van der Waals surface area contributed by atoms with Gasteiger partial charge in [0, 0.05) is 19.5 Å². The van der Waals surface area contributed by atoms with Gasteiger partial charge < -0.3 is 24.6 Å². The number of amides is 1. The fourth-order valence-corrected chi connectivity index (χ4v) is 3.12. The van der Waals surface area contributed by atoms with E-state index in [1.54, 1.807) is 0 Å². The molecule has 2 aromatic rings. The van der Waals surface area contributed by atoms with Gasteiger partial charge in [-0.3, -0.25) is 4.79 Å². The van der Waals surface area contributed by atoms with E-state index in [9.17, 15) is 9.59 Å². The third-order valence-corrected chi connectivity index (χ3v) is 4.84. The number of alkyl carbamates (subject to hydrolysis) is 1. The van der Waals surface area contributed by atoms with Crippen molar-refractivity contribution < 1.29 is 24.0 Å². The van der Waals surface area contributed by atoms with Gasteiger partial charge in [-0.1, -0.05) is 35.5 Å². The highest BCUT2D eigenvalue weighted by Crippen LogP contribution is 2.31. The summed E-state index contributed by atoms with van der Waals surface area (Å²) in [6, 6.07) is 9.42. The molecule has 1 amide bonds. The molecule has 0 bridgehead atoms. The number of carboxylic acids is 1. The summed E-state index contributed by atoms with van der Waals surface area (Å²) in [6.45, 7) is 1.66. The number of benzene rings is 1. The number of aliphatic carboxylic acids is 1. The van der Waals surface area contributed by atoms with E-state index >= 15 is 0 Å². The van der Waals surface area contributed by atoms with Crippen LogP contribution in [0.1, 0.15) is 36.5 Å². The first-order valence-electron chi connectivity index (χ1n) is 9.19. The van der Waals surface area contributed by atoms with Gasteiger partial charge in [-0.2, -0.15) is 4.98 Å². The molecule has 3 rings (SSSR count). The number of hydrogen-bond acceptors (Lipinski definition) is 7. The Morgan fingerprint density at radius 2 is 2.00 bits per heavy atom. The molecule has 1 aromatic carbocycles. The number of piperidine rings is 1. The van der Waals surface area contributed by atoms with Gasteiger partial charge in [-0.05, 0) is 25.5 Å². The van der Waals surface area contributed by atoms with Crippen LogP contribution in [0.3, 0.4) is 0 Å². The molecule has 1 aliphatic heterocycles. The summed E-state index contributed by atoms with van der Waals surface area (Å²) < 4.78 is 10.6. The van der Waals surface area contributed by atoms with E-state index in [0.29, 0.717) is 18.7 Å². The van der Waals surface area contributed by atoms with E-state index in [-0.39, 0.29) is 25.3 Å². The second kappa shape index (κ2) is 8.83. The molecular weight excluding hydrogens is 364 g/mol. The first kappa shape index (κ1) is 19.8. The fourth-order valence-electron chi connectivity index (χ4n) is 3.12. The molecule has 2 heterocycles. The summed E-state index contributed by atoms with van der Waals surface area (Å²) in [6.07, 6.45) is 0.704. The molecule has 9 heteroatoms.